The van der Waals surface area contributed by atoms with Crippen molar-refractivity contribution in [2.24, 2.45) is 11.7 Å². The zero-order valence-electron chi connectivity index (χ0n) is 14.9. The van der Waals surface area contributed by atoms with Crippen LogP contribution >= 0.6 is 11.3 Å². The highest BCUT2D eigenvalue weighted by Gasteiger charge is 2.25. The number of pyridine rings is 1. The Labute approximate surface area is 157 Å². The normalized spacial score (nSPS) is 18.3. The Morgan fingerprint density at radius 1 is 1.35 bits per heavy atom. The highest BCUT2D eigenvalue weighted by molar-refractivity contribution is 7.13. The molecule has 1 amide bonds. The van der Waals surface area contributed by atoms with Gasteiger partial charge in [0.2, 0.25) is 5.91 Å². The number of rotatable bonds is 4. The second-order valence-electron chi connectivity index (χ2n) is 7.10. The number of carbonyl (C=O) groups excluding carboxylic acids is 1. The molecule has 0 spiro atoms. The summed E-state index contributed by atoms with van der Waals surface area (Å²) >= 11 is 1.72. The first-order valence-corrected chi connectivity index (χ1v) is 9.94. The Kier molecular flexibility index (Phi) is 4.74. The van der Waals surface area contributed by atoms with Crippen LogP contribution in [0.3, 0.4) is 0 Å². The molecule has 1 atom stereocenters. The molecule has 0 radical (unpaired) electrons. The van der Waals surface area contributed by atoms with Crippen LogP contribution in [0.15, 0.2) is 41.8 Å². The van der Waals surface area contributed by atoms with E-state index in [-0.39, 0.29) is 11.8 Å². The van der Waals surface area contributed by atoms with E-state index in [2.05, 4.69) is 53.6 Å². The average Bonchev–Trinajstić information content (AvgIpc) is 3.16. The summed E-state index contributed by atoms with van der Waals surface area (Å²) in [5.41, 5.74) is 10.1. The molecule has 1 fully saturated rings. The molecule has 1 aliphatic heterocycles. The van der Waals surface area contributed by atoms with Gasteiger partial charge in [0.05, 0.1) is 22.0 Å². The van der Waals surface area contributed by atoms with Gasteiger partial charge < -0.3 is 5.73 Å². The van der Waals surface area contributed by atoms with Crippen molar-refractivity contribution in [3.8, 4) is 10.6 Å². The maximum atomic E-state index is 11.6. The minimum Gasteiger partial charge on any atom is -0.369 e. The number of piperidine rings is 1. The molecular formula is C21H23N3OS. The number of benzene rings is 1. The Hall–Kier alpha value is -2.24. The number of para-hydroxylation sites is 1. The topological polar surface area (TPSA) is 59.2 Å². The lowest BCUT2D eigenvalue weighted by molar-refractivity contribution is -0.123. The number of aromatic nitrogens is 1. The van der Waals surface area contributed by atoms with Crippen molar-refractivity contribution in [1.29, 1.82) is 0 Å². The van der Waals surface area contributed by atoms with E-state index in [1.807, 2.05) is 0 Å². The number of carbonyl (C=O) groups is 1. The lowest BCUT2D eigenvalue weighted by atomic mass is 9.96. The first-order chi connectivity index (χ1) is 12.6. The van der Waals surface area contributed by atoms with Gasteiger partial charge in [0.15, 0.2) is 0 Å². The fourth-order valence-corrected chi connectivity index (χ4v) is 4.56. The van der Waals surface area contributed by atoms with Crippen molar-refractivity contribution >= 4 is 28.1 Å². The minimum atomic E-state index is -0.180. The summed E-state index contributed by atoms with van der Waals surface area (Å²) in [6.07, 6.45) is 1.92. The molecule has 5 heteroatoms. The molecular weight excluding hydrogens is 342 g/mol. The van der Waals surface area contributed by atoms with E-state index in [9.17, 15) is 4.79 Å². The fraction of sp³-hybridized carbons (Fsp3) is 0.333. The largest absolute Gasteiger partial charge is 0.369 e. The summed E-state index contributed by atoms with van der Waals surface area (Å²) in [5, 5.41) is 3.26. The monoisotopic (exact) mass is 365 g/mol. The van der Waals surface area contributed by atoms with Crippen LogP contribution in [0.2, 0.25) is 0 Å². The minimum absolute atomic E-state index is 0.0374. The Balaban J connectivity index is 1.73. The van der Waals surface area contributed by atoms with Gasteiger partial charge in [0, 0.05) is 18.5 Å². The van der Waals surface area contributed by atoms with E-state index in [1.54, 1.807) is 11.3 Å². The summed E-state index contributed by atoms with van der Waals surface area (Å²) in [6, 6.07) is 12.8. The van der Waals surface area contributed by atoms with Gasteiger partial charge in [-0.05, 0) is 54.9 Å². The second kappa shape index (κ2) is 7.17. The SMILES string of the molecule is Cc1cccc2cc(CN3CCCC(C(N)=O)C3)c(-c3cccs3)nc12. The van der Waals surface area contributed by atoms with Crippen molar-refractivity contribution in [2.75, 3.05) is 13.1 Å². The van der Waals surface area contributed by atoms with Crippen LogP contribution in [0.1, 0.15) is 24.0 Å². The highest BCUT2D eigenvalue weighted by atomic mass is 32.1. The van der Waals surface area contributed by atoms with Crippen LogP contribution in [-0.4, -0.2) is 28.9 Å². The van der Waals surface area contributed by atoms with E-state index in [0.717, 1.165) is 43.7 Å². The van der Waals surface area contributed by atoms with Gasteiger partial charge in [0.1, 0.15) is 0 Å². The maximum absolute atomic E-state index is 11.6. The molecule has 1 saturated heterocycles. The third-order valence-electron chi connectivity index (χ3n) is 5.18. The van der Waals surface area contributed by atoms with E-state index in [4.69, 9.17) is 10.7 Å². The molecule has 4 nitrogen and oxygen atoms in total. The third-order valence-corrected chi connectivity index (χ3v) is 6.06. The molecule has 4 rings (SSSR count). The molecule has 3 aromatic rings. The molecule has 0 saturated carbocycles. The lowest BCUT2D eigenvalue weighted by Crippen LogP contribution is -2.40. The van der Waals surface area contributed by atoms with Gasteiger partial charge >= 0.3 is 0 Å². The van der Waals surface area contributed by atoms with Gasteiger partial charge in [-0.2, -0.15) is 0 Å². The van der Waals surface area contributed by atoms with E-state index in [1.165, 1.54) is 21.4 Å². The number of thiophene rings is 1. The molecule has 0 aliphatic carbocycles. The molecule has 1 unspecified atom stereocenters. The van der Waals surface area contributed by atoms with Crippen molar-refractivity contribution in [1.82, 2.24) is 9.88 Å². The summed E-state index contributed by atoms with van der Waals surface area (Å²) in [7, 11) is 0. The predicted molar refractivity (Wildman–Crippen MR) is 107 cm³/mol. The maximum Gasteiger partial charge on any atom is 0.221 e. The van der Waals surface area contributed by atoms with Crippen LogP contribution in [0.5, 0.6) is 0 Å². The lowest BCUT2D eigenvalue weighted by Gasteiger charge is -2.31. The number of nitrogens with zero attached hydrogens (tertiary/aromatic N) is 2. The van der Waals surface area contributed by atoms with E-state index < -0.39 is 0 Å². The number of fused-ring (bicyclic) bond motifs is 1. The van der Waals surface area contributed by atoms with Crippen LogP contribution in [0, 0.1) is 12.8 Å². The van der Waals surface area contributed by atoms with E-state index >= 15 is 0 Å². The van der Waals surface area contributed by atoms with Crippen LogP contribution in [0.4, 0.5) is 0 Å². The van der Waals surface area contributed by atoms with Gasteiger partial charge in [-0.25, -0.2) is 4.98 Å². The Bertz CT molecular complexity index is 936. The number of aryl methyl sites for hydroxylation is 1. The number of nitrogens with two attached hydrogens (primary N) is 1. The van der Waals surface area contributed by atoms with Crippen LogP contribution in [0.25, 0.3) is 21.5 Å². The zero-order valence-corrected chi connectivity index (χ0v) is 15.8. The molecule has 3 heterocycles. The standard InChI is InChI=1S/C21H23N3OS/c1-14-5-2-6-15-11-17(13-24-9-3-7-16(12-24)21(22)25)20(23-19(14)15)18-8-4-10-26-18/h2,4-6,8,10-11,16H,3,7,9,12-13H2,1H3,(H2,22,25). The van der Waals surface area contributed by atoms with Crippen molar-refractivity contribution in [3.05, 3.63) is 52.9 Å². The van der Waals surface area contributed by atoms with E-state index in [0.29, 0.717) is 0 Å². The molecule has 134 valence electrons. The summed E-state index contributed by atoms with van der Waals surface area (Å²) < 4.78 is 0. The van der Waals surface area contributed by atoms with Gasteiger partial charge in [-0.1, -0.05) is 24.3 Å². The quantitative estimate of drug-likeness (QED) is 0.761. The zero-order chi connectivity index (χ0) is 18.1. The highest BCUT2D eigenvalue weighted by Crippen LogP contribution is 2.31. The fourth-order valence-electron chi connectivity index (χ4n) is 3.81. The van der Waals surface area contributed by atoms with Crippen LogP contribution in [-0.2, 0) is 11.3 Å². The Morgan fingerprint density at radius 2 is 2.23 bits per heavy atom. The Morgan fingerprint density at radius 3 is 3.00 bits per heavy atom. The summed E-state index contributed by atoms with van der Waals surface area (Å²) in [6.45, 7) is 4.65. The average molecular weight is 366 g/mol. The molecule has 2 N–H and O–H groups in total. The summed E-state index contributed by atoms with van der Waals surface area (Å²) in [4.78, 5) is 20.2. The molecule has 2 aromatic heterocycles. The summed E-state index contributed by atoms with van der Waals surface area (Å²) in [5.74, 6) is -0.218. The van der Waals surface area contributed by atoms with Crippen molar-refractivity contribution in [2.45, 2.75) is 26.3 Å². The van der Waals surface area contributed by atoms with Crippen LogP contribution < -0.4 is 5.73 Å². The van der Waals surface area contributed by atoms with Gasteiger partial charge in [-0.3, -0.25) is 9.69 Å². The third kappa shape index (κ3) is 3.37. The van der Waals surface area contributed by atoms with Gasteiger partial charge in [0.25, 0.3) is 0 Å². The predicted octanol–water partition coefficient (Wildman–Crippen LogP) is 3.97. The van der Waals surface area contributed by atoms with Crippen molar-refractivity contribution < 1.29 is 4.79 Å². The van der Waals surface area contributed by atoms with Gasteiger partial charge in [-0.15, -0.1) is 11.3 Å². The second-order valence-corrected chi connectivity index (χ2v) is 8.04. The van der Waals surface area contributed by atoms with Crippen molar-refractivity contribution in [3.63, 3.8) is 0 Å². The number of hydrogen-bond donors (Lipinski definition) is 1. The molecule has 1 aliphatic rings. The number of primary amides is 1. The smallest absolute Gasteiger partial charge is 0.221 e. The molecule has 0 bridgehead atoms. The number of likely N-dealkylation sites (tertiary alicyclic amines) is 1. The molecule has 26 heavy (non-hydrogen) atoms. The first-order valence-electron chi connectivity index (χ1n) is 9.06. The number of hydrogen-bond acceptors (Lipinski definition) is 4. The number of amides is 1. The molecule has 1 aromatic carbocycles. The first kappa shape index (κ1) is 17.2.